The second-order valence-corrected chi connectivity index (χ2v) is 3.53. The summed E-state index contributed by atoms with van der Waals surface area (Å²) >= 11 is 0. The molecule has 2 unspecified atom stereocenters. The van der Waals surface area contributed by atoms with Crippen molar-refractivity contribution in [1.82, 2.24) is 4.90 Å². The minimum absolute atomic E-state index is 0.425. The molecule has 3 heteroatoms. The van der Waals surface area contributed by atoms with E-state index in [1.165, 1.54) is 0 Å². The van der Waals surface area contributed by atoms with Gasteiger partial charge >= 0.3 is 0 Å². The van der Waals surface area contributed by atoms with Gasteiger partial charge < -0.3 is 15.7 Å². The molecule has 0 saturated carbocycles. The maximum Gasteiger partial charge on any atom is 0.0936 e. The van der Waals surface area contributed by atoms with Crippen LogP contribution in [0, 0.1) is 5.92 Å². The molecule has 2 aliphatic rings. The molecule has 2 heterocycles. The summed E-state index contributed by atoms with van der Waals surface area (Å²) in [4.78, 5) is 2.29. The molecule has 3 nitrogen and oxygen atoms in total. The third-order valence-electron chi connectivity index (χ3n) is 2.88. The quantitative estimate of drug-likeness (QED) is 0.494. The lowest BCUT2D eigenvalue weighted by Crippen LogP contribution is -2.48. The van der Waals surface area contributed by atoms with Crippen molar-refractivity contribution in [3.05, 3.63) is 0 Å². The zero-order valence-corrected chi connectivity index (χ0v) is 6.08. The highest BCUT2D eigenvalue weighted by Gasteiger charge is 2.47. The van der Waals surface area contributed by atoms with E-state index in [9.17, 15) is 5.11 Å². The summed E-state index contributed by atoms with van der Waals surface area (Å²) in [5.41, 5.74) is 4.93. The van der Waals surface area contributed by atoms with Crippen LogP contribution in [0.15, 0.2) is 0 Å². The van der Waals surface area contributed by atoms with Crippen molar-refractivity contribution >= 4 is 0 Å². The lowest BCUT2D eigenvalue weighted by Gasteiger charge is -2.30. The Kier molecular flexibility index (Phi) is 1.27. The molecule has 0 aliphatic carbocycles. The van der Waals surface area contributed by atoms with E-state index in [2.05, 4.69) is 4.90 Å². The predicted molar refractivity (Wildman–Crippen MR) is 38.6 cm³/mol. The lowest BCUT2D eigenvalue weighted by molar-refractivity contribution is 0.00354. The summed E-state index contributed by atoms with van der Waals surface area (Å²) in [6.45, 7) is 3.45. The first-order chi connectivity index (χ1) is 4.74. The summed E-state index contributed by atoms with van der Waals surface area (Å²) < 4.78 is 0. The predicted octanol–water partition coefficient (Wildman–Crippen LogP) is -0.988. The van der Waals surface area contributed by atoms with Crippen molar-refractivity contribution in [2.75, 3.05) is 26.2 Å². The van der Waals surface area contributed by atoms with Gasteiger partial charge in [0.15, 0.2) is 0 Å². The maximum absolute atomic E-state index is 9.82. The maximum atomic E-state index is 9.82. The Labute approximate surface area is 60.8 Å². The number of nitrogens with zero attached hydrogens (tertiary/aromatic N) is 1. The van der Waals surface area contributed by atoms with Crippen molar-refractivity contribution in [2.45, 2.75) is 12.0 Å². The van der Waals surface area contributed by atoms with Gasteiger partial charge in [-0.1, -0.05) is 0 Å². The molecule has 0 aromatic rings. The fourth-order valence-electron chi connectivity index (χ4n) is 2.16. The standard InChI is InChI=1S/C7H14N2O/c8-4-7(10)5-9-2-1-6(7)3-9/h6,10H,1-5,8H2/t6-,7?/m1/s1. The second-order valence-electron chi connectivity index (χ2n) is 3.53. The minimum Gasteiger partial charge on any atom is -0.387 e. The highest BCUT2D eigenvalue weighted by Crippen LogP contribution is 2.35. The average molecular weight is 142 g/mol. The fourth-order valence-corrected chi connectivity index (χ4v) is 2.16. The van der Waals surface area contributed by atoms with Crippen LogP contribution in [0.1, 0.15) is 6.42 Å². The van der Waals surface area contributed by atoms with Gasteiger partial charge in [-0.05, 0) is 13.0 Å². The molecule has 0 aromatic heterocycles. The van der Waals surface area contributed by atoms with Crippen LogP contribution in [0.5, 0.6) is 0 Å². The number of fused-ring (bicyclic) bond motifs is 2. The van der Waals surface area contributed by atoms with E-state index in [1.54, 1.807) is 0 Å². The van der Waals surface area contributed by atoms with Crippen LogP contribution < -0.4 is 5.73 Å². The van der Waals surface area contributed by atoms with Gasteiger partial charge in [-0.15, -0.1) is 0 Å². The zero-order chi connectivity index (χ0) is 7.19. The molecule has 3 atom stereocenters. The first-order valence-corrected chi connectivity index (χ1v) is 3.89. The Morgan fingerprint density at radius 3 is 2.80 bits per heavy atom. The lowest BCUT2D eigenvalue weighted by atomic mass is 9.88. The molecule has 2 rings (SSSR count). The summed E-state index contributed by atoms with van der Waals surface area (Å²) in [5.74, 6) is 0.456. The van der Waals surface area contributed by atoms with E-state index in [1.807, 2.05) is 0 Å². The van der Waals surface area contributed by atoms with E-state index in [4.69, 9.17) is 5.73 Å². The van der Waals surface area contributed by atoms with Crippen LogP contribution in [0.25, 0.3) is 0 Å². The molecule has 3 N–H and O–H groups in total. The summed E-state index contributed by atoms with van der Waals surface area (Å²) in [6.07, 6.45) is 1.13. The van der Waals surface area contributed by atoms with Gasteiger partial charge in [-0.25, -0.2) is 0 Å². The van der Waals surface area contributed by atoms with Gasteiger partial charge in [0.25, 0.3) is 0 Å². The van der Waals surface area contributed by atoms with Crippen molar-refractivity contribution < 1.29 is 5.11 Å². The van der Waals surface area contributed by atoms with E-state index < -0.39 is 5.60 Å². The van der Waals surface area contributed by atoms with Crippen LogP contribution in [-0.4, -0.2) is 41.8 Å². The number of rotatable bonds is 1. The molecule has 0 radical (unpaired) electrons. The Bertz CT molecular complexity index is 151. The zero-order valence-electron chi connectivity index (χ0n) is 6.08. The molecule has 2 fully saturated rings. The fraction of sp³-hybridized carbons (Fsp3) is 1.00. The normalized spacial score (nSPS) is 52.2. The van der Waals surface area contributed by atoms with Crippen LogP contribution in [0.2, 0.25) is 0 Å². The third kappa shape index (κ3) is 0.713. The molecule has 10 heavy (non-hydrogen) atoms. The molecule has 0 aromatic carbocycles. The molecule has 0 spiro atoms. The Morgan fingerprint density at radius 2 is 2.50 bits per heavy atom. The number of hydrogen-bond acceptors (Lipinski definition) is 3. The van der Waals surface area contributed by atoms with E-state index in [-0.39, 0.29) is 0 Å². The molecule has 58 valence electrons. The van der Waals surface area contributed by atoms with Crippen molar-refractivity contribution in [1.29, 1.82) is 0 Å². The highest BCUT2D eigenvalue weighted by atomic mass is 16.3. The number of hydrogen-bond donors (Lipinski definition) is 2. The van der Waals surface area contributed by atoms with Crippen molar-refractivity contribution in [3.8, 4) is 0 Å². The average Bonchev–Trinajstić information content (AvgIpc) is 2.46. The Hall–Kier alpha value is -0.120. The Balaban J connectivity index is 2.14. The molecule has 2 aliphatic heterocycles. The topological polar surface area (TPSA) is 49.5 Å². The van der Waals surface area contributed by atoms with Crippen molar-refractivity contribution in [2.24, 2.45) is 11.7 Å². The number of piperidine rings is 1. The van der Waals surface area contributed by atoms with E-state index >= 15 is 0 Å². The summed E-state index contributed by atoms with van der Waals surface area (Å²) in [7, 11) is 0. The van der Waals surface area contributed by atoms with Crippen LogP contribution in [0.3, 0.4) is 0 Å². The smallest absolute Gasteiger partial charge is 0.0936 e. The largest absolute Gasteiger partial charge is 0.387 e. The van der Waals surface area contributed by atoms with Gasteiger partial charge in [0, 0.05) is 25.6 Å². The van der Waals surface area contributed by atoms with Gasteiger partial charge in [0.05, 0.1) is 5.60 Å². The SMILES string of the molecule is NCC1(O)CN2CC[C@@H]1C2. The summed E-state index contributed by atoms with van der Waals surface area (Å²) in [5, 5.41) is 9.82. The van der Waals surface area contributed by atoms with Crippen molar-refractivity contribution in [3.63, 3.8) is 0 Å². The molecule has 2 bridgehead atoms. The van der Waals surface area contributed by atoms with Gasteiger partial charge in [0.2, 0.25) is 0 Å². The van der Waals surface area contributed by atoms with Crippen LogP contribution >= 0.6 is 0 Å². The Morgan fingerprint density at radius 1 is 1.70 bits per heavy atom. The first kappa shape index (κ1) is 6.58. The van der Waals surface area contributed by atoms with Crippen LogP contribution in [0.4, 0.5) is 0 Å². The summed E-state index contributed by atoms with van der Waals surface area (Å²) in [6, 6.07) is 0. The van der Waals surface area contributed by atoms with E-state index in [0.29, 0.717) is 12.5 Å². The van der Waals surface area contributed by atoms with E-state index in [0.717, 1.165) is 26.1 Å². The second kappa shape index (κ2) is 1.94. The number of nitrogens with two attached hydrogens (primary N) is 1. The van der Waals surface area contributed by atoms with Gasteiger partial charge in [-0.2, -0.15) is 0 Å². The third-order valence-corrected chi connectivity index (χ3v) is 2.88. The van der Waals surface area contributed by atoms with Gasteiger partial charge in [-0.3, -0.25) is 0 Å². The first-order valence-electron chi connectivity index (χ1n) is 3.89. The molecular weight excluding hydrogens is 128 g/mol. The highest BCUT2D eigenvalue weighted by molar-refractivity contribution is 5.02. The van der Waals surface area contributed by atoms with Gasteiger partial charge in [0.1, 0.15) is 0 Å². The minimum atomic E-state index is -0.543. The molecule has 0 amide bonds. The monoisotopic (exact) mass is 142 g/mol. The number of aliphatic hydroxyl groups is 1. The van der Waals surface area contributed by atoms with Crippen LogP contribution in [-0.2, 0) is 0 Å². The molecule has 2 saturated heterocycles. The molecular formula is C7H14N2O.